The number of carboxylic acid groups (broad SMARTS) is 1. The molecule has 0 aromatic carbocycles. The van der Waals surface area contributed by atoms with Crippen LogP contribution in [0.4, 0.5) is 4.79 Å². The van der Waals surface area contributed by atoms with E-state index in [0.717, 1.165) is 12.8 Å². The number of likely N-dealkylation sites (tertiary alicyclic amines) is 1. The van der Waals surface area contributed by atoms with Crippen LogP contribution in [-0.4, -0.2) is 40.6 Å². The molecule has 0 radical (unpaired) electrons. The van der Waals surface area contributed by atoms with E-state index >= 15 is 0 Å². The molecule has 2 N–H and O–H groups in total. The zero-order chi connectivity index (χ0) is 13.6. The lowest BCUT2D eigenvalue weighted by atomic mass is 9.89. The molecule has 1 fully saturated rings. The van der Waals surface area contributed by atoms with E-state index in [-0.39, 0.29) is 6.03 Å². The summed E-state index contributed by atoms with van der Waals surface area (Å²) in [6.07, 6.45) is 2.78. The zero-order valence-corrected chi connectivity index (χ0v) is 11.0. The van der Waals surface area contributed by atoms with Crippen LogP contribution in [0.2, 0.25) is 0 Å². The molecule has 1 aliphatic heterocycles. The van der Waals surface area contributed by atoms with Crippen molar-refractivity contribution in [3.63, 3.8) is 0 Å². The molecule has 0 aromatic rings. The van der Waals surface area contributed by atoms with E-state index in [1.54, 1.807) is 13.8 Å². The number of aliphatic carboxylic acids is 1. The molecule has 0 saturated carbocycles. The van der Waals surface area contributed by atoms with Gasteiger partial charge < -0.3 is 15.3 Å². The number of carbonyl (C=O) groups excluding carboxylic acids is 1. The van der Waals surface area contributed by atoms with Gasteiger partial charge in [-0.3, -0.25) is 0 Å². The van der Waals surface area contributed by atoms with Crippen molar-refractivity contribution in [2.75, 3.05) is 13.1 Å². The highest BCUT2D eigenvalue weighted by atomic mass is 16.4. The van der Waals surface area contributed by atoms with Crippen molar-refractivity contribution in [2.24, 2.45) is 0 Å². The molecule has 100 valence electrons. The van der Waals surface area contributed by atoms with E-state index < -0.39 is 11.5 Å². The van der Waals surface area contributed by atoms with Crippen molar-refractivity contribution in [1.29, 1.82) is 0 Å². The minimum absolute atomic E-state index is 0.308. The lowest BCUT2D eigenvalue weighted by molar-refractivity contribution is -0.150. The maximum Gasteiger partial charge on any atom is 0.329 e. The summed E-state index contributed by atoms with van der Waals surface area (Å²) in [6, 6.07) is -0.308. The fourth-order valence-corrected chi connectivity index (χ4v) is 2.12. The maximum atomic E-state index is 12.0. The van der Waals surface area contributed by atoms with Gasteiger partial charge in [-0.2, -0.15) is 0 Å². The summed E-state index contributed by atoms with van der Waals surface area (Å²) in [5.41, 5.74) is -1.08. The molecule has 1 saturated heterocycles. The molecule has 0 aliphatic carbocycles. The summed E-state index contributed by atoms with van der Waals surface area (Å²) >= 11 is 0. The number of nitrogens with zero attached hydrogens (tertiary/aromatic N) is 1. The number of piperidine rings is 1. The molecule has 1 atom stereocenters. The third-order valence-corrected chi connectivity index (χ3v) is 3.30. The molecule has 1 aliphatic rings. The van der Waals surface area contributed by atoms with E-state index in [4.69, 9.17) is 0 Å². The summed E-state index contributed by atoms with van der Waals surface area (Å²) in [5.74, 6) is 4.66. The van der Waals surface area contributed by atoms with Gasteiger partial charge in [0, 0.05) is 19.5 Å². The molecule has 1 heterocycles. The number of hydrogen-bond acceptors (Lipinski definition) is 2. The Bertz CT molecular complexity index is 383. The van der Waals surface area contributed by atoms with Gasteiger partial charge in [0.2, 0.25) is 0 Å². The SMILES string of the molecule is CC#CCCNC(=O)N1CCCCC1(C)C(=O)O. The van der Waals surface area contributed by atoms with Crippen LogP contribution in [0.3, 0.4) is 0 Å². The first kappa shape index (κ1) is 14.4. The lowest BCUT2D eigenvalue weighted by Crippen LogP contribution is -2.60. The maximum absolute atomic E-state index is 12.0. The minimum Gasteiger partial charge on any atom is -0.480 e. The number of amides is 2. The second kappa shape index (κ2) is 6.29. The molecule has 1 unspecified atom stereocenters. The van der Waals surface area contributed by atoms with Crippen LogP contribution in [0, 0.1) is 11.8 Å². The lowest BCUT2D eigenvalue weighted by Gasteiger charge is -2.41. The van der Waals surface area contributed by atoms with Crippen molar-refractivity contribution in [3.05, 3.63) is 0 Å². The Kier molecular flexibility index (Phi) is 5.02. The second-order valence-electron chi connectivity index (χ2n) is 4.60. The number of urea groups is 1. The molecule has 5 heteroatoms. The monoisotopic (exact) mass is 252 g/mol. The first-order valence-electron chi connectivity index (χ1n) is 6.21. The smallest absolute Gasteiger partial charge is 0.329 e. The quantitative estimate of drug-likeness (QED) is 0.590. The highest BCUT2D eigenvalue weighted by Gasteiger charge is 2.43. The average molecular weight is 252 g/mol. The fourth-order valence-electron chi connectivity index (χ4n) is 2.12. The van der Waals surface area contributed by atoms with Crippen molar-refractivity contribution in [1.82, 2.24) is 10.2 Å². The summed E-state index contributed by atoms with van der Waals surface area (Å²) < 4.78 is 0. The van der Waals surface area contributed by atoms with Gasteiger partial charge >= 0.3 is 12.0 Å². The Labute approximate surface area is 108 Å². The summed E-state index contributed by atoms with van der Waals surface area (Å²) in [4.78, 5) is 24.7. The van der Waals surface area contributed by atoms with Gasteiger partial charge in [0.15, 0.2) is 0 Å². The summed E-state index contributed by atoms with van der Waals surface area (Å²) in [6.45, 7) is 4.30. The molecule has 5 nitrogen and oxygen atoms in total. The third kappa shape index (κ3) is 3.16. The number of hydrogen-bond donors (Lipinski definition) is 2. The van der Waals surface area contributed by atoms with Gasteiger partial charge in [0.25, 0.3) is 0 Å². The Balaban J connectivity index is 2.62. The number of nitrogens with one attached hydrogen (secondary N) is 1. The largest absolute Gasteiger partial charge is 0.480 e. The van der Waals surface area contributed by atoms with E-state index in [0.29, 0.717) is 25.9 Å². The standard InChI is InChI=1S/C13H20N2O3/c1-3-4-6-9-14-12(18)15-10-7-5-8-13(15,2)11(16)17/h5-10H2,1-2H3,(H,14,18)(H,16,17). The minimum atomic E-state index is -1.08. The molecule has 0 aromatic heterocycles. The molecular formula is C13H20N2O3. The Hall–Kier alpha value is -1.70. The van der Waals surface area contributed by atoms with Crippen LogP contribution in [-0.2, 0) is 4.79 Å². The van der Waals surface area contributed by atoms with Crippen molar-refractivity contribution < 1.29 is 14.7 Å². The highest BCUT2D eigenvalue weighted by Crippen LogP contribution is 2.28. The first-order chi connectivity index (χ1) is 8.52. The highest BCUT2D eigenvalue weighted by molar-refractivity contribution is 5.86. The van der Waals surface area contributed by atoms with E-state index in [9.17, 15) is 14.7 Å². The van der Waals surface area contributed by atoms with Gasteiger partial charge in [-0.15, -0.1) is 11.8 Å². The average Bonchev–Trinajstić information content (AvgIpc) is 2.34. The van der Waals surface area contributed by atoms with Crippen LogP contribution in [0.1, 0.15) is 39.5 Å². The van der Waals surface area contributed by atoms with E-state index in [1.165, 1.54) is 4.90 Å². The Morgan fingerprint density at radius 1 is 1.44 bits per heavy atom. The first-order valence-corrected chi connectivity index (χ1v) is 6.21. The van der Waals surface area contributed by atoms with Crippen molar-refractivity contribution in [3.8, 4) is 11.8 Å². The van der Waals surface area contributed by atoms with Gasteiger partial charge in [-0.1, -0.05) is 0 Å². The Morgan fingerprint density at radius 2 is 2.17 bits per heavy atom. The summed E-state index contributed by atoms with van der Waals surface area (Å²) in [5, 5.41) is 12.0. The summed E-state index contributed by atoms with van der Waals surface area (Å²) in [7, 11) is 0. The predicted molar refractivity (Wildman–Crippen MR) is 68.1 cm³/mol. The number of rotatable bonds is 3. The van der Waals surface area contributed by atoms with Gasteiger partial charge in [0.05, 0.1) is 0 Å². The molecule has 0 bridgehead atoms. The number of carbonyl (C=O) groups is 2. The van der Waals surface area contributed by atoms with Crippen LogP contribution in [0.5, 0.6) is 0 Å². The molecular weight excluding hydrogens is 232 g/mol. The van der Waals surface area contributed by atoms with Crippen LogP contribution in [0.25, 0.3) is 0 Å². The van der Waals surface area contributed by atoms with Crippen LogP contribution >= 0.6 is 0 Å². The molecule has 18 heavy (non-hydrogen) atoms. The van der Waals surface area contributed by atoms with Gasteiger partial charge in [-0.05, 0) is 33.1 Å². The molecule has 1 rings (SSSR count). The van der Waals surface area contributed by atoms with Crippen molar-refractivity contribution >= 4 is 12.0 Å². The second-order valence-corrected chi connectivity index (χ2v) is 4.60. The molecule has 0 spiro atoms. The fraction of sp³-hybridized carbons (Fsp3) is 0.692. The van der Waals surface area contributed by atoms with E-state index in [2.05, 4.69) is 17.2 Å². The van der Waals surface area contributed by atoms with Crippen molar-refractivity contribution in [2.45, 2.75) is 45.1 Å². The normalized spacial score (nSPS) is 22.9. The van der Waals surface area contributed by atoms with Gasteiger partial charge in [-0.25, -0.2) is 9.59 Å². The van der Waals surface area contributed by atoms with Gasteiger partial charge in [0.1, 0.15) is 5.54 Å². The predicted octanol–water partition coefficient (Wildman–Crippen LogP) is 1.44. The topological polar surface area (TPSA) is 69.6 Å². The van der Waals surface area contributed by atoms with E-state index in [1.807, 2.05) is 0 Å². The molecule has 2 amide bonds. The van der Waals surface area contributed by atoms with Crippen LogP contribution < -0.4 is 5.32 Å². The Morgan fingerprint density at radius 3 is 2.78 bits per heavy atom. The van der Waals surface area contributed by atoms with Crippen LogP contribution in [0.15, 0.2) is 0 Å². The zero-order valence-electron chi connectivity index (χ0n) is 11.0. The third-order valence-electron chi connectivity index (χ3n) is 3.30. The number of carboxylic acids is 1.